The lowest BCUT2D eigenvalue weighted by atomic mass is 9.79. The van der Waals surface area contributed by atoms with E-state index in [9.17, 15) is 0 Å². The Hall–Kier alpha value is -1.42. The van der Waals surface area contributed by atoms with Crippen molar-refractivity contribution in [2.75, 3.05) is 6.54 Å². The summed E-state index contributed by atoms with van der Waals surface area (Å²) in [7, 11) is 0. The smallest absolute Gasteiger partial charge is 0.113 e. The van der Waals surface area contributed by atoms with Crippen LogP contribution in [0, 0.1) is 5.92 Å². The molecule has 2 aromatic rings. The molecule has 4 nitrogen and oxygen atoms in total. The molecule has 1 fully saturated rings. The van der Waals surface area contributed by atoms with Crippen molar-refractivity contribution in [1.82, 2.24) is 20.3 Å². The molecule has 1 heterocycles. The molecule has 1 aromatic heterocycles. The first-order valence-corrected chi connectivity index (χ1v) is 7.09. The minimum absolute atomic E-state index is 0.185. The van der Waals surface area contributed by atoms with E-state index in [-0.39, 0.29) is 5.54 Å². The van der Waals surface area contributed by atoms with Crippen LogP contribution in [0.25, 0.3) is 11.0 Å². The lowest BCUT2D eigenvalue weighted by molar-refractivity contribution is 0.155. The Morgan fingerprint density at radius 2 is 2.05 bits per heavy atom. The third-order valence-electron chi connectivity index (χ3n) is 3.96. The molecule has 1 saturated carbocycles. The minimum Gasteiger partial charge on any atom is -0.312 e. The van der Waals surface area contributed by atoms with Gasteiger partial charge in [0.25, 0.3) is 0 Å². The van der Waals surface area contributed by atoms with Crippen LogP contribution >= 0.6 is 0 Å². The van der Waals surface area contributed by atoms with E-state index in [4.69, 9.17) is 0 Å². The third-order valence-corrected chi connectivity index (χ3v) is 3.96. The predicted octanol–water partition coefficient (Wildman–Crippen LogP) is 2.77. The van der Waals surface area contributed by atoms with Gasteiger partial charge in [-0.05, 0) is 51.7 Å². The van der Waals surface area contributed by atoms with Gasteiger partial charge in [0.15, 0.2) is 0 Å². The largest absolute Gasteiger partial charge is 0.312 e. The number of nitrogens with one attached hydrogen (secondary N) is 1. The minimum atomic E-state index is 0.185. The van der Waals surface area contributed by atoms with Crippen molar-refractivity contribution < 1.29 is 0 Å². The summed E-state index contributed by atoms with van der Waals surface area (Å²) in [6, 6.07) is 8.72. The molecule has 1 aromatic carbocycles. The highest BCUT2D eigenvalue weighted by molar-refractivity contribution is 5.74. The van der Waals surface area contributed by atoms with Crippen molar-refractivity contribution in [1.29, 1.82) is 0 Å². The van der Waals surface area contributed by atoms with E-state index in [1.165, 1.54) is 12.8 Å². The molecule has 1 N–H and O–H groups in total. The Morgan fingerprint density at radius 3 is 2.74 bits per heavy atom. The van der Waals surface area contributed by atoms with Crippen LogP contribution in [0.1, 0.15) is 39.7 Å². The number of rotatable bonds is 3. The third kappa shape index (κ3) is 2.50. The predicted molar refractivity (Wildman–Crippen MR) is 77.0 cm³/mol. The highest BCUT2D eigenvalue weighted by atomic mass is 15.4. The lowest BCUT2D eigenvalue weighted by Gasteiger charge is -2.38. The van der Waals surface area contributed by atoms with Crippen molar-refractivity contribution >= 4 is 11.0 Å². The van der Waals surface area contributed by atoms with E-state index in [0.717, 1.165) is 17.6 Å². The quantitative estimate of drug-likeness (QED) is 0.920. The van der Waals surface area contributed by atoms with Gasteiger partial charge in [-0.2, -0.15) is 0 Å². The van der Waals surface area contributed by atoms with Crippen molar-refractivity contribution in [3.05, 3.63) is 24.3 Å². The van der Waals surface area contributed by atoms with Crippen molar-refractivity contribution in [2.24, 2.45) is 5.92 Å². The van der Waals surface area contributed by atoms with E-state index in [0.29, 0.717) is 12.0 Å². The van der Waals surface area contributed by atoms with Gasteiger partial charge >= 0.3 is 0 Å². The molecule has 102 valence electrons. The number of nitrogens with zero attached hydrogens (tertiary/aromatic N) is 3. The second-order valence-electron chi connectivity index (χ2n) is 6.56. The van der Waals surface area contributed by atoms with Gasteiger partial charge in [0.1, 0.15) is 5.52 Å². The van der Waals surface area contributed by atoms with Crippen molar-refractivity contribution in [2.45, 2.75) is 45.2 Å². The number of benzene rings is 1. The summed E-state index contributed by atoms with van der Waals surface area (Å²) in [5.41, 5.74) is 2.34. The number of para-hydroxylation sites is 1. The van der Waals surface area contributed by atoms with Crippen LogP contribution in [0.2, 0.25) is 0 Å². The molecule has 0 saturated heterocycles. The first-order chi connectivity index (χ1) is 9.04. The molecule has 0 spiro atoms. The van der Waals surface area contributed by atoms with E-state index in [1.807, 2.05) is 12.1 Å². The molecule has 0 radical (unpaired) electrons. The fraction of sp³-hybridized carbons (Fsp3) is 0.600. The number of hydrogen-bond donors (Lipinski definition) is 1. The molecular weight excluding hydrogens is 236 g/mol. The highest BCUT2D eigenvalue weighted by Crippen LogP contribution is 2.39. The normalized spacial score (nSPS) is 23.5. The molecule has 1 aliphatic carbocycles. The molecule has 2 atom stereocenters. The Labute approximate surface area is 114 Å². The zero-order valence-electron chi connectivity index (χ0n) is 11.9. The van der Waals surface area contributed by atoms with Crippen molar-refractivity contribution in [3.8, 4) is 0 Å². The van der Waals surface area contributed by atoms with Crippen molar-refractivity contribution in [3.63, 3.8) is 0 Å². The van der Waals surface area contributed by atoms with Crippen LogP contribution in [0.3, 0.4) is 0 Å². The van der Waals surface area contributed by atoms with Gasteiger partial charge in [0.2, 0.25) is 0 Å². The SMILES string of the molecule is CC(C)(C)NCC1CCC1n1nnc2ccccc21. The number of hydrogen-bond acceptors (Lipinski definition) is 3. The van der Waals surface area contributed by atoms with Crippen LogP contribution < -0.4 is 5.32 Å². The van der Waals surface area contributed by atoms with Gasteiger partial charge in [0, 0.05) is 12.1 Å². The molecule has 3 rings (SSSR count). The van der Waals surface area contributed by atoms with Gasteiger partial charge < -0.3 is 5.32 Å². The monoisotopic (exact) mass is 258 g/mol. The Balaban J connectivity index is 1.76. The lowest BCUT2D eigenvalue weighted by Crippen LogP contribution is -2.44. The van der Waals surface area contributed by atoms with E-state index in [2.05, 4.69) is 53.2 Å². The second-order valence-corrected chi connectivity index (χ2v) is 6.56. The van der Waals surface area contributed by atoms with Crippen LogP contribution in [0.15, 0.2) is 24.3 Å². The number of aromatic nitrogens is 3. The summed E-state index contributed by atoms with van der Waals surface area (Å²) in [5.74, 6) is 0.671. The highest BCUT2D eigenvalue weighted by Gasteiger charge is 2.34. The summed E-state index contributed by atoms with van der Waals surface area (Å²) in [6.45, 7) is 7.70. The molecule has 19 heavy (non-hydrogen) atoms. The van der Waals surface area contributed by atoms with Gasteiger partial charge in [-0.3, -0.25) is 0 Å². The second kappa shape index (κ2) is 4.60. The summed E-state index contributed by atoms with van der Waals surface area (Å²) < 4.78 is 2.12. The van der Waals surface area contributed by atoms with E-state index >= 15 is 0 Å². The van der Waals surface area contributed by atoms with Gasteiger partial charge in [-0.1, -0.05) is 17.3 Å². The molecule has 0 bridgehead atoms. The fourth-order valence-corrected chi connectivity index (χ4v) is 2.68. The Bertz CT molecular complexity index is 567. The summed E-state index contributed by atoms with van der Waals surface area (Å²) in [4.78, 5) is 0. The van der Waals surface area contributed by atoms with Crippen LogP contribution in [-0.4, -0.2) is 27.1 Å². The molecule has 2 unspecified atom stereocenters. The molecule has 4 heteroatoms. The maximum atomic E-state index is 4.35. The van der Waals surface area contributed by atoms with Gasteiger partial charge in [-0.15, -0.1) is 5.10 Å². The average Bonchev–Trinajstić information content (AvgIpc) is 2.71. The Kier molecular flexibility index (Phi) is 3.05. The van der Waals surface area contributed by atoms with Crippen LogP contribution in [0.5, 0.6) is 0 Å². The Morgan fingerprint density at radius 1 is 1.26 bits per heavy atom. The standard InChI is InChI=1S/C15H22N4/c1-15(2,3)16-10-11-8-9-13(11)19-14-7-5-4-6-12(14)17-18-19/h4-7,11,13,16H,8-10H2,1-3H3. The maximum Gasteiger partial charge on any atom is 0.113 e. The van der Waals surface area contributed by atoms with Gasteiger partial charge in [-0.25, -0.2) is 4.68 Å². The molecule has 0 amide bonds. The number of fused-ring (bicyclic) bond motifs is 1. The summed E-state index contributed by atoms with van der Waals surface area (Å²) >= 11 is 0. The zero-order chi connectivity index (χ0) is 13.5. The first-order valence-electron chi connectivity index (χ1n) is 7.09. The summed E-state index contributed by atoms with van der Waals surface area (Å²) in [5, 5.41) is 12.2. The van der Waals surface area contributed by atoms with Crippen LogP contribution in [-0.2, 0) is 0 Å². The topological polar surface area (TPSA) is 42.7 Å². The van der Waals surface area contributed by atoms with E-state index < -0.39 is 0 Å². The maximum absolute atomic E-state index is 4.35. The summed E-state index contributed by atoms with van der Waals surface area (Å²) in [6.07, 6.45) is 2.49. The average molecular weight is 258 g/mol. The molecule has 1 aliphatic rings. The zero-order valence-corrected chi connectivity index (χ0v) is 11.9. The first kappa shape index (κ1) is 12.6. The van der Waals surface area contributed by atoms with Crippen LogP contribution in [0.4, 0.5) is 0 Å². The molecular formula is C15H22N4. The fourth-order valence-electron chi connectivity index (χ4n) is 2.68. The van der Waals surface area contributed by atoms with E-state index in [1.54, 1.807) is 0 Å². The van der Waals surface area contributed by atoms with Gasteiger partial charge in [0.05, 0.1) is 11.6 Å². The molecule has 0 aliphatic heterocycles.